The number of nitrogens with zero attached hydrogens (tertiary/aromatic N) is 3. The maximum absolute atomic E-state index is 12.2. The lowest BCUT2D eigenvalue weighted by Gasteiger charge is -2.23. The van der Waals surface area contributed by atoms with Crippen molar-refractivity contribution in [3.8, 4) is 5.69 Å². The highest BCUT2D eigenvalue weighted by Crippen LogP contribution is 2.38. The largest absolute Gasteiger partial charge is 0.354 e. The molecule has 27 heavy (non-hydrogen) atoms. The summed E-state index contributed by atoms with van der Waals surface area (Å²) in [5.41, 5.74) is 4.89. The van der Waals surface area contributed by atoms with Gasteiger partial charge in [0.2, 0.25) is 5.91 Å². The van der Waals surface area contributed by atoms with Crippen molar-refractivity contribution in [1.29, 1.82) is 0 Å². The molecule has 2 aromatic heterocycles. The zero-order valence-corrected chi connectivity index (χ0v) is 15.3. The highest BCUT2D eigenvalue weighted by Gasteiger charge is 2.33. The molecule has 2 amide bonds. The number of anilines is 1. The van der Waals surface area contributed by atoms with Crippen LogP contribution < -0.4 is 10.6 Å². The molecule has 138 valence electrons. The van der Waals surface area contributed by atoms with Gasteiger partial charge in [-0.15, -0.1) is 0 Å². The second-order valence-corrected chi connectivity index (χ2v) is 6.68. The molecule has 0 saturated carbocycles. The van der Waals surface area contributed by atoms with Crippen molar-refractivity contribution in [2.45, 2.75) is 26.2 Å². The fourth-order valence-corrected chi connectivity index (χ4v) is 3.60. The van der Waals surface area contributed by atoms with Gasteiger partial charge >= 0.3 is 0 Å². The molecule has 4 rings (SSSR count). The molecule has 0 unspecified atom stereocenters. The molecule has 0 fully saturated rings. The summed E-state index contributed by atoms with van der Waals surface area (Å²) < 4.78 is 1.87. The number of fused-ring (bicyclic) bond motifs is 1. The van der Waals surface area contributed by atoms with E-state index in [0.717, 1.165) is 22.6 Å². The van der Waals surface area contributed by atoms with E-state index in [1.165, 1.54) is 0 Å². The molecule has 3 heterocycles. The number of benzene rings is 1. The van der Waals surface area contributed by atoms with Gasteiger partial charge < -0.3 is 10.6 Å². The first-order valence-corrected chi connectivity index (χ1v) is 8.71. The van der Waals surface area contributed by atoms with Crippen molar-refractivity contribution < 1.29 is 9.59 Å². The summed E-state index contributed by atoms with van der Waals surface area (Å²) in [6.45, 7) is 3.95. The quantitative estimate of drug-likeness (QED) is 0.661. The van der Waals surface area contributed by atoms with Crippen molar-refractivity contribution in [3.63, 3.8) is 0 Å². The van der Waals surface area contributed by atoms with Gasteiger partial charge in [-0.05, 0) is 37.6 Å². The van der Waals surface area contributed by atoms with E-state index in [1.54, 1.807) is 7.05 Å². The Bertz CT molecular complexity index is 1050. The average molecular weight is 364 g/mol. The van der Waals surface area contributed by atoms with Gasteiger partial charge in [-0.1, -0.05) is 12.1 Å². The summed E-state index contributed by atoms with van der Waals surface area (Å²) in [4.78, 5) is 24.4. The van der Waals surface area contributed by atoms with Crippen LogP contribution in [-0.4, -0.2) is 38.8 Å². The number of carbonyl (C=O) groups is 2. The summed E-state index contributed by atoms with van der Waals surface area (Å²) >= 11 is 0. The third-order valence-corrected chi connectivity index (χ3v) is 4.78. The van der Waals surface area contributed by atoms with E-state index in [4.69, 9.17) is 0 Å². The smallest absolute Gasteiger partial charge is 0.269 e. The maximum Gasteiger partial charge on any atom is 0.269 e. The number of carbonyl (C=O) groups excluding carboxylic acids is 2. The van der Waals surface area contributed by atoms with E-state index in [0.29, 0.717) is 17.1 Å². The Morgan fingerprint density at radius 1 is 1.30 bits per heavy atom. The second-order valence-electron chi connectivity index (χ2n) is 6.68. The summed E-state index contributed by atoms with van der Waals surface area (Å²) in [5, 5.41) is 16.7. The van der Waals surface area contributed by atoms with Crippen molar-refractivity contribution in [2.24, 2.45) is 0 Å². The zero-order valence-electron chi connectivity index (χ0n) is 15.3. The van der Waals surface area contributed by atoms with Crippen molar-refractivity contribution in [2.75, 3.05) is 12.4 Å². The molecule has 3 aromatic rings. The first kappa shape index (κ1) is 17.0. The fraction of sp³-hybridized carbons (Fsp3) is 0.263. The van der Waals surface area contributed by atoms with E-state index in [2.05, 4.69) is 25.9 Å². The topological polar surface area (TPSA) is 105 Å². The molecule has 0 saturated heterocycles. The van der Waals surface area contributed by atoms with Crippen LogP contribution in [0, 0.1) is 13.8 Å². The maximum atomic E-state index is 12.2. The predicted molar refractivity (Wildman–Crippen MR) is 100 cm³/mol. The van der Waals surface area contributed by atoms with Gasteiger partial charge in [-0.2, -0.15) is 10.2 Å². The third-order valence-electron chi connectivity index (χ3n) is 4.78. The highest BCUT2D eigenvalue weighted by atomic mass is 16.2. The number of aromatic nitrogens is 4. The van der Waals surface area contributed by atoms with Crippen molar-refractivity contribution in [3.05, 3.63) is 58.5 Å². The van der Waals surface area contributed by atoms with Gasteiger partial charge in [0.1, 0.15) is 5.69 Å². The molecule has 1 aliphatic rings. The molecule has 0 bridgehead atoms. The normalized spacial score (nSPS) is 16.0. The summed E-state index contributed by atoms with van der Waals surface area (Å²) in [6.07, 6.45) is 0.247. The third kappa shape index (κ3) is 2.88. The molecule has 8 heteroatoms. The lowest BCUT2D eigenvalue weighted by atomic mass is 9.85. The Kier molecular flexibility index (Phi) is 4.02. The van der Waals surface area contributed by atoms with Gasteiger partial charge in [0.05, 0.1) is 11.4 Å². The van der Waals surface area contributed by atoms with E-state index in [9.17, 15) is 9.59 Å². The molecule has 8 nitrogen and oxygen atoms in total. The lowest BCUT2D eigenvalue weighted by molar-refractivity contribution is -0.116. The molecule has 3 N–H and O–H groups in total. The van der Waals surface area contributed by atoms with Crippen molar-refractivity contribution in [1.82, 2.24) is 25.3 Å². The Hall–Kier alpha value is -3.42. The molecule has 1 aromatic carbocycles. The van der Waals surface area contributed by atoms with Gasteiger partial charge in [0.25, 0.3) is 5.91 Å². The number of aryl methyl sites for hydroxylation is 2. The van der Waals surface area contributed by atoms with Crippen LogP contribution in [0.1, 0.15) is 45.3 Å². The molecular weight excluding hydrogens is 344 g/mol. The van der Waals surface area contributed by atoms with Gasteiger partial charge in [0, 0.05) is 30.6 Å². The van der Waals surface area contributed by atoms with Crippen LogP contribution in [0.4, 0.5) is 5.82 Å². The summed E-state index contributed by atoms with van der Waals surface area (Å²) in [7, 11) is 1.56. The highest BCUT2D eigenvalue weighted by molar-refractivity contribution is 6.00. The molecular formula is C19H20N6O2. The van der Waals surface area contributed by atoms with E-state index in [1.807, 2.05) is 48.9 Å². The van der Waals surface area contributed by atoms with Crippen LogP contribution in [0.2, 0.25) is 0 Å². The number of hydrogen-bond acceptors (Lipinski definition) is 4. The molecule has 0 aliphatic carbocycles. The lowest BCUT2D eigenvalue weighted by Crippen LogP contribution is -2.26. The summed E-state index contributed by atoms with van der Waals surface area (Å²) in [5.74, 6) is -0.248. The van der Waals surface area contributed by atoms with Crippen LogP contribution in [-0.2, 0) is 4.79 Å². The summed E-state index contributed by atoms with van der Waals surface area (Å²) in [6, 6.07) is 9.89. The molecule has 1 aliphatic heterocycles. The first-order valence-electron chi connectivity index (χ1n) is 8.71. The second kappa shape index (κ2) is 6.39. The zero-order chi connectivity index (χ0) is 19.1. The Balaban J connectivity index is 1.82. The minimum atomic E-state index is -0.267. The van der Waals surface area contributed by atoms with Gasteiger partial charge in [-0.25, -0.2) is 4.68 Å². The Labute approximate surface area is 156 Å². The average Bonchev–Trinajstić information content (AvgIpc) is 3.23. The number of rotatable bonds is 3. The van der Waals surface area contributed by atoms with Crippen LogP contribution >= 0.6 is 0 Å². The standard InChI is InChI=1S/C19H20N6O2/c1-10-7-11(2)25(24-10)13-6-4-5-12(8-13)14-9-15(26)21-18-16(14)17(22-23-18)19(27)20-3/h4-8,14H,9H2,1-3H3,(H,20,27)(H2,21,22,23,26)/t14-/m0/s1. The van der Waals surface area contributed by atoms with Crippen LogP contribution in [0.5, 0.6) is 0 Å². The number of H-pyrrole nitrogens is 1. The molecule has 0 radical (unpaired) electrons. The van der Waals surface area contributed by atoms with Gasteiger partial charge in [0.15, 0.2) is 5.82 Å². The number of hydrogen-bond donors (Lipinski definition) is 3. The number of aromatic amines is 1. The van der Waals surface area contributed by atoms with Crippen molar-refractivity contribution >= 4 is 17.6 Å². The minimum Gasteiger partial charge on any atom is -0.354 e. The van der Waals surface area contributed by atoms with E-state index < -0.39 is 0 Å². The predicted octanol–water partition coefficient (Wildman–Crippen LogP) is 2.05. The number of nitrogens with one attached hydrogen (secondary N) is 3. The first-order chi connectivity index (χ1) is 13.0. The van der Waals surface area contributed by atoms with E-state index >= 15 is 0 Å². The fourth-order valence-electron chi connectivity index (χ4n) is 3.60. The molecule has 0 spiro atoms. The van der Waals surface area contributed by atoms with Gasteiger partial charge in [-0.3, -0.25) is 14.7 Å². The van der Waals surface area contributed by atoms with Crippen LogP contribution in [0.3, 0.4) is 0 Å². The van der Waals surface area contributed by atoms with Crippen LogP contribution in [0.15, 0.2) is 30.3 Å². The number of amides is 2. The molecule has 1 atom stereocenters. The monoisotopic (exact) mass is 364 g/mol. The SMILES string of the molecule is CNC(=O)c1[nH]nc2c1[C@H](c1cccc(-n3nc(C)cc3C)c1)CC(=O)N2. The Morgan fingerprint density at radius 2 is 2.11 bits per heavy atom. The Morgan fingerprint density at radius 3 is 2.81 bits per heavy atom. The van der Waals surface area contributed by atoms with E-state index in [-0.39, 0.29) is 24.2 Å². The minimum absolute atomic E-state index is 0.126. The van der Waals surface area contributed by atoms with Crippen LogP contribution in [0.25, 0.3) is 5.69 Å².